The number of hydrogen-bond donors (Lipinski definition) is 17. The summed E-state index contributed by atoms with van der Waals surface area (Å²) >= 11 is 0. The molecule has 39 nitrogen and oxygen atoms in total. The lowest BCUT2D eigenvalue weighted by molar-refractivity contribution is 0.0991. The average Bonchev–Trinajstić information content (AvgIpc) is 0.950. The van der Waals surface area contributed by atoms with Crippen molar-refractivity contribution in [2.75, 3.05) is 49.6 Å². The number of rotatable bonds is 25. The fourth-order valence-corrected chi connectivity index (χ4v) is 14.5. The Morgan fingerprint density at radius 1 is 0.403 bits per heavy atom. The zero-order valence-electron chi connectivity index (χ0n) is 68.1. The van der Waals surface area contributed by atoms with Gasteiger partial charge in [-0.3, -0.25) is 19.2 Å². The van der Waals surface area contributed by atoms with Gasteiger partial charge in [-0.05, 0) is 155 Å². The molecule has 0 spiro atoms. The van der Waals surface area contributed by atoms with Crippen molar-refractivity contribution in [3.63, 3.8) is 0 Å². The Morgan fingerprint density at radius 2 is 0.758 bits per heavy atom. The maximum atomic E-state index is 14.3. The number of aryl methyl sites for hydroxylation is 1. The lowest BCUT2D eigenvalue weighted by atomic mass is 9.88. The summed E-state index contributed by atoms with van der Waals surface area (Å²) in [7, 11) is 1.58. The molecule has 16 rings (SSSR count). The minimum Gasteiger partial charge on any atom is -0.496 e. The number of nitrogens with one attached hydrogen (secondary N) is 8. The molecule has 4 aliphatic rings. The van der Waals surface area contributed by atoms with Crippen molar-refractivity contribution in [2.24, 2.45) is 45.9 Å². The number of nitrogens with two attached hydrogens (primary N) is 8. The molecule has 4 aliphatic carbocycles. The number of hydrogen-bond acceptors (Lipinski definition) is 34. The number of primary amides is 4. The van der Waals surface area contributed by atoms with Crippen LogP contribution in [0.25, 0.3) is 39.9 Å². The van der Waals surface area contributed by atoms with Crippen LogP contribution in [0.2, 0.25) is 0 Å². The highest BCUT2D eigenvalue weighted by atomic mass is 19.1. The van der Waals surface area contributed by atoms with Gasteiger partial charge in [0.25, 0.3) is 23.6 Å². The molecule has 4 saturated carbocycles. The molecule has 0 radical (unpaired) electrons. The van der Waals surface area contributed by atoms with Crippen molar-refractivity contribution in [2.45, 2.75) is 158 Å². The Hall–Kier alpha value is -14.6. The van der Waals surface area contributed by atoms with Gasteiger partial charge in [0.15, 0.2) is 17.5 Å². The summed E-state index contributed by atoms with van der Waals surface area (Å²) in [5.74, 6) is 1.48. The third kappa shape index (κ3) is 22.9. The molecule has 8 heterocycles. The lowest BCUT2D eigenvalue weighted by Crippen LogP contribution is -2.51. The molecule has 124 heavy (non-hydrogen) atoms. The number of halogens is 1. The normalized spacial score (nSPS) is 19.0. The lowest BCUT2D eigenvalue weighted by Gasteiger charge is -2.33. The maximum absolute atomic E-state index is 14.3. The van der Waals surface area contributed by atoms with E-state index in [-0.39, 0.29) is 87.6 Å². The topological polar surface area (TPSA) is 613 Å². The second kappa shape index (κ2) is 41.6. The van der Waals surface area contributed by atoms with Gasteiger partial charge in [-0.2, -0.15) is 34.9 Å². The van der Waals surface area contributed by atoms with Gasteiger partial charge in [-0.15, -0.1) is 0 Å². The Balaban J connectivity index is 0.000000142. The number of nitrogens with zero attached hydrogens (tertiary/aromatic N) is 17. The van der Waals surface area contributed by atoms with E-state index in [0.717, 1.165) is 112 Å². The van der Waals surface area contributed by atoms with Gasteiger partial charge < -0.3 is 98.2 Å². The Bertz CT molecular complexity index is 5470. The largest absolute Gasteiger partial charge is 0.496 e. The first-order chi connectivity index (χ1) is 60.1. The molecule has 642 valence electrons. The second-order valence-electron chi connectivity index (χ2n) is 29.9. The zero-order valence-corrected chi connectivity index (χ0v) is 68.1. The molecule has 25 N–H and O–H groups in total. The number of aromatic nitrogens is 17. The molecule has 1 unspecified atom stereocenters. The van der Waals surface area contributed by atoms with E-state index < -0.39 is 41.6 Å². The predicted octanol–water partition coefficient (Wildman–Crippen LogP) is 8.38. The van der Waals surface area contributed by atoms with E-state index in [0.29, 0.717) is 81.9 Å². The van der Waals surface area contributed by atoms with Crippen molar-refractivity contribution in [3.05, 3.63) is 205 Å². The summed E-state index contributed by atoms with van der Waals surface area (Å²) in [4.78, 5) is 109. The van der Waals surface area contributed by atoms with E-state index in [2.05, 4.69) is 123 Å². The molecular weight excluding hydrogens is 1590 g/mol. The van der Waals surface area contributed by atoms with Crippen LogP contribution in [0.15, 0.2) is 171 Å². The summed E-state index contributed by atoms with van der Waals surface area (Å²) < 4.78 is 19.8. The van der Waals surface area contributed by atoms with E-state index in [1.165, 1.54) is 54.1 Å². The third-order valence-electron chi connectivity index (χ3n) is 21.2. The van der Waals surface area contributed by atoms with Crippen LogP contribution >= 0.6 is 0 Å². The van der Waals surface area contributed by atoms with E-state index in [1.807, 2.05) is 61.5 Å². The summed E-state index contributed by atoms with van der Waals surface area (Å²) in [5, 5.41) is 43.8. The minimum atomic E-state index is -0.683. The number of ether oxygens (including phenoxy) is 1. The molecular formula is C84H98FN33O6. The first-order valence-corrected chi connectivity index (χ1v) is 40.5. The fourth-order valence-electron chi connectivity index (χ4n) is 14.5. The van der Waals surface area contributed by atoms with Gasteiger partial charge in [0, 0.05) is 133 Å². The standard InChI is InChI=1S/C22H26N8O2.C22H26N8O.C21H23FN8O.C19H23N9O2/c1-32-18-8-7-13(11-14(18)20-25-9-4-10-26-20)28-21-15(19(24)31)12-27-22(30-21)29-17-6-3-2-5-16(17)23;1-13-7-8-14(11-15(13)20-25-9-4-10-26-20)28-21-16(19(24)31)12-27-22(30-21)29-18-6-3-2-5-17(18)23;22-15-7-6-12(10-13(15)19-25-8-3-9-26-19)28-20-14(18(24)31)11-27-21(30-20)29-17-5-2-1-4-16(17)23;20-16-14(5-2-6-15(16)29)26-19-22-10-13(17(21)30)18(27-19)25-11-3-1-4-12(9-11)28-23-7-8-24-28/h4,7-12,16-17H,2-3,5-6,23H2,1H3,(H2,24,31)(H2,27,28,29,30);4,7-12,17-18H,2-3,5-6,23H2,1H3,(H2,24,31)(H2,27,28,29,30);3,6-11,16-17H,1-2,4-5,23H2,(H2,24,31)(H2,27,28,29,30);1,3-4,7-10,14-16,29H,2,5-6,20H2,(H2,21,30)(H2,22,25,26,27)/t16-,17+;17-,18+;16-,17+;14-,15?,16-/m0001/s1. The van der Waals surface area contributed by atoms with Gasteiger partial charge in [-0.1, -0.05) is 50.7 Å². The average molecular weight is 1680 g/mol. The second-order valence-corrected chi connectivity index (χ2v) is 29.9. The van der Waals surface area contributed by atoms with Gasteiger partial charge in [0.05, 0.1) is 48.5 Å². The number of benzene rings is 4. The number of anilines is 12. The van der Waals surface area contributed by atoms with Crippen LogP contribution in [-0.4, -0.2) is 175 Å². The van der Waals surface area contributed by atoms with Gasteiger partial charge in [-0.25, -0.2) is 54.2 Å². The Labute approximate surface area is 712 Å². The minimum absolute atomic E-state index is 0.00936. The summed E-state index contributed by atoms with van der Waals surface area (Å²) in [6.07, 6.45) is 32.6. The number of aliphatic hydroxyl groups excluding tert-OH is 1. The molecule has 40 heteroatoms. The van der Waals surface area contributed by atoms with Crippen molar-refractivity contribution < 1.29 is 33.4 Å². The monoisotopic (exact) mass is 1680 g/mol. The molecule has 0 aliphatic heterocycles. The van der Waals surface area contributed by atoms with Crippen molar-refractivity contribution in [1.82, 2.24) is 84.8 Å². The molecule has 4 aromatic carbocycles. The highest BCUT2D eigenvalue weighted by molar-refractivity contribution is 6.00. The van der Waals surface area contributed by atoms with Crippen LogP contribution in [0, 0.1) is 12.7 Å². The summed E-state index contributed by atoms with van der Waals surface area (Å²) in [6, 6.07) is 27.8. The zero-order chi connectivity index (χ0) is 87.2. The first-order valence-electron chi connectivity index (χ1n) is 40.5. The van der Waals surface area contributed by atoms with Crippen molar-refractivity contribution in [1.29, 1.82) is 0 Å². The van der Waals surface area contributed by atoms with E-state index in [1.54, 1.807) is 74.6 Å². The molecule has 4 fully saturated rings. The first kappa shape index (κ1) is 87.2. The van der Waals surface area contributed by atoms with E-state index in [9.17, 15) is 28.7 Å². The number of methoxy groups -OCH3 is 1. The number of carbonyl (C=O) groups excluding carboxylic acids is 4. The molecule has 12 aromatic rings. The molecule has 0 saturated heterocycles. The smallest absolute Gasteiger partial charge is 0.254 e. The van der Waals surface area contributed by atoms with Crippen LogP contribution in [-0.2, 0) is 0 Å². The van der Waals surface area contributed by atoms with Gasteiger partial charge in [0.2, 0.25) is 23.8 Å². The van der Waals surface area contributed by atoms with Crippen LogP contribution in [0.3, 0.4) is 0 Å². The Morgan fingerprint density at radius 3 is 1.17 bits per heavy atom. The number of amides is 4. The molecule has 9 atom stereocenters. The number of aliphatic hydroxyl groups is 1. The highest BCUT2D eigenvalue weighted by Crippen LogP contribution is 2.35. The maximum Gasteiger partial charge on any atom is 0.254 e. The van der Waals surface area contributed by atoms with Gasteiger partial charge in [0.1, 0.15) is 57.1 Å². The Kier molecular flexibility index (Phi) is 29.2. The summed E-state index contributed by atoms with van der Waals surface area (Å²) in [6.45, 7) is 1.99. The van der Waals surface area contributed by atoms with Crippen molar-refractivity contribution >= 4 is 93.4 Å². The quantitative estimate of drug-likeness (QED) is 0.0255. The number of carbonyl (C=O) groups is 4. The van der Waals surface area contributed by atoms with Gasteiger partial charge >= 0.3 is 0 Å². The molecule has 0 bridgehead atoms. The van der Waals surface area contributed by atoms with Crippen LogP contribution in [0.4, 0.5) is 74.2 Å². The van der Waals surface area contributed by atoms with Crippen LogP contribution in [0.5, 0.6) is 5.75 Å². The predicted molar refractivity (Wildman–Crippen MR) is 467 cm³/mol. The van der Waals surface area contributed by atoms with E-state index in [4.69, 9.17) is 50.6 Å². The van der Waals surface area contributed by atoms with Crippen molar-refractivity contribution in [3.8, 4) is 45.6 Å². The van der Waals surface area contributed by atoms with Crippen LogP contribution in [0.1, 0.15) is 143 Å². The SMILES string of the molecule is COc1ccc(Nc2nc(N[C@@H]3CCCC[C@@H]3N)ncc2C(N)=O)cc1-c1ncccn1.Cc1ccc(Nc2nc(N[C@@H]3CCCC[C@@H]3N)ncc2C(N)=O)cc1-c1ncccn1.NC(=O)c1cnc(N[C@@H]2CCCC(O)[C@@H]2N)nc1Nc1cccc(-n2nccn2)c1.NC(=O)c1cnc(N[C@@H]2CCCC[C@@H]2N)nc1Nc1ccc(F)c(-c2ncccn2)c1. The molecule has 4 amide bonds. The third-order valence-corrected chi connectivity index (χ3v) is 21.2. The highest BCUT2D eigenvalue weighted by Gasteiger charge is 2.32. The van der Waals surface area contributed by atoms with Crippen LogP contribution < -0.4 is 93.1 Å². The molecule has 8 aromatic heterocycles. The fraction of sp³-hybridized carbons (Fsp3) is 0.310. The van der Waals surface area contributed by atoms with E-state index >= 15 is 0 Å². The summed E-state index contributed by atoms with van der Waals surface area (Å²) in [5.41, 5.74) is 53.6.